The summed E-state index contributed by atoms with van der Waals surface area (Å²) in [6.45, 7) is 6.11. The van der Waals surface area contributed by atoms with Crippen LogP contribution >= 0.6 is 0 Å². The molecule has 1 saturated heterocycles. The summed E-state index contributed by atoms with van der Waals surface area (Å²) in [5.74, 6) is 0. The molecular formula is C7H14O2. The molecule has 0 aromatic heterocycles. The van der Waals surface area contributed by atoms with Crippen molar-refractivity contribution in [2.75, 3.05) is 6.61 Å². The van der Waals surface area contributed by atoms with Crippen molar-refractivity contribution < 1.29 is 9.47 Å². The van der Waals surface area contributed by atoms with E-state index in [1.54, 1.807) is 6.08 Å². The average molecular weight is 130 g/mol. The van der Waals surface area contributed by atoms with Crippen LogP contribution in [0.1, 0.15) is 14.4 Å². The third kappa shape index (κ3) is 2.16. The van der Waals surface area contributed by atoms with Crippen LogP contribution in [0.2, 0.25) is 0 Å². The number of hydrogen-bond donors (Lipinski definition) is 0. The molecule has 1 rings (SSSR count). The van der Waals surface area contributed by atoms with Crippen molar-refractivity contribution in [2.45, 2.75) is 26.7 Å². The first-order valence-corrected chi connectivity index (χ1v) is 2.72. The zero-order valence-electron chi connectivity index (χ0n) is 4.96. The molecule has 0 N–H and O–H groups in total. The molecule has 0 saturated carbocycles. The fourth-order valence-electron chi connectivity index (χ4n) is 0.679. The molecule has 0 spiro atoms. The predicted molar refractivity (Wildman–Crippen MR) is 37.2 cm³/mol. The molecule has 0 amide bonds. The normalized spacial score (nSPS) is 33.4. The summed E-state index contributed by atoms with van der Waals surface area (Å²) in [5, 5.41) is 0. The summed E-state index contributed by atoms with van der Waals surface area (Å²) < 4.78 is 10.2. The zero-order chi connectivity index (χ0) is 5.98. The smallest absolute Gasteiger partial charge is 0.155 e. The molecule has 2 nitrogen and oxygen atoms in total. The Kier molecular flexibility index (Phi) is 3.50. The van der Waals surface area contributed by atoms with Crippen LogP contribution in [0.3, 0.4) is 0 Å². The molecule has 2 unspecified atom stereocenters. The molecule has 2 heteroatoms. The number of ether oxygens (including phenoxy) is 2. The summed E-state index contributed by atoms with van der Waals surface area (Å²) in [7, 11) is 0. The molecule has 1 heterocycles. The van der Waals surface area contributed by atoms with Gasteiger partial charge in [0, 0.05) is 0 Å². The number of rotatable bonds is 1. The highest BCUT2D eigenvalue weighted by molar-refractivity contribution is 4.82. The lowest BCUT2D eigenvalue weighted by atomic mass is 10.4. The fourth-order valence-corrected chi connectivity index (χ4v) is 0.679. The average Bonchev–Trinajstić information content (AvgIpc) is 2.14. The van der Waals surface area contributed by atoms with Gasteiger partial charge in [0.25, 0.3) is 0 Å². The SMILES string of the molecule is C.C=CC1COC(C)O1. The van der Waals surface area contributed by atoms with E-state index < -0.39 is 0 Å². The zero-order valence-corrected chi connectivity index (χ0v) is 4.96. The first kappa shape index (κ1) is 8.66. The van der Waals surface area contributed by atoms with E-state index in [1.807, 2.05) is 6.92 Å². The van der Waals surface area contributed by atoms with Gasteiger partial charge in [-0.3, -0.25) is 0 Å². The molecule has 1 fully saturated rings. The van der Waals surface area contributed by atoms with Gasteiger partial charge < -0.3 is 9.47 Å². The van der Waals surface area contributed by atoms with Gasteiger partial charge in [-0.15, -0.1) is 6.58 Å². The van der Waals surface area contributed by atoms with Crippen LogP contribution in [0.5, 0.6) is 0 Å². The van der Waals surface area contributed by atoms with Crippen molar-refractivity contribution in [2.24, 2.45) is 0 Å². The van der Waals surface area contributed by atoms with E-state index in [0.717, 1.165) is 0 Å². The van der Waals surface area contributed by atoms with Crippen molar-refractivity contribution >= 4 is 0 Å². The summed E-state index contributed by atoms with van der Waals surface area (Å²) in [4.78, 5) is 0. The Labute approximate surface area is 56.5 Å². The van der Waals surface area contributed by atoms with Crippen molar-refractivity contribution in [3.8, 4) is 0 Å². The lowest BCUT2D eigenvalue weighted by Gasteiger charge is -1.99. The first-order chi connectivity index (χ1) is 3.83. The van der Waals surface area contributed by atoms with Gasteiger partial charge in [0.1, 0.15) is 6.10 Å². The lowest BCUT2D eigenvalue weighted by Crippen LogP contribution is -2.05. The van der Waals surface area contributed by atoms with Gasteiger partial charge >= 0.3 is 0 Å². The van der Waals surface area contributed by atoms with Gasteiger partial charge in [-0.05, 0) is 6.92 Å². The Morgan fingerprint density at radius 1 is 1.67 bits per heavy atom. The minimum Gasteiger partial charge on any atom is -0.350 e. The highest BCUT2D eigenvalue weighted by Crippen LogP contribution is 2.10. The van der Waals surface area contributed by atoms with Gasteiger partial charge in [-0.2, -0.15) is 0 Å². The van der Waals surface area contributed by atoms with Gasteiger partial charge in [-0.25, -0.2) is 0 Å². The van der Waals surface area contributed by atoms with Crippen LogP contribution in [-0.2, 0) is 9.47 Å². The number of hydrogen-bond acceptors (Lipinski definition) is 2. The van der Waals surface area contributed by atoms with E-state index in [4.69, 9.17) is 9.47 Å². The second-order valence-electron chi connectivity index (χ2n) is 1.81. The quantitative estimate of drug-likeness (QED) is 0.501. The van der Waals surface area contributed by atoms with Crippen molar-refractivity contribution in [1.82, 2.24) is 0 Å². The van der Waals surface area contributed by atoms with Gasteiger partial charge in [0.05, 0.1) is 6.61 Å². The Morgan fingerprint density at radius 3 is 2.56 bits per heavy atom. The van der Waals surface area contributed by atoms with Crippen LogP contribution in [0.25, 0.3) is 0 Å². The van der Waals surface area contributed by atoms with Crippen LogP contribution in [0.15, 0.2) is 12.7 Å². The van der Waals surface area contributed by atoms with E-state index in [2.05, 4.69) is 6.58 Å². The fraction of sp³-hybridized carbons (Fsp3) is 0.714. The monoisotopic (exact) mass is 130 g/mol. The topological polar surface area (TPSA) is 18.5 Å². The lowest BCUT2D eigenvalue weighted by molar-refractivity contribution is -0.0348. The molecule has 0 aromatic rings. The van der Waals surface area contributed by atoms with Crippen LogP contribution in [-0.4, -0.2) is 19.0 Å². The van der Waals surface area contributed by atoms with E-state index in [0.29, 0.717) is 6.61 Å². The molecule has 0 bridgehead atoms. The Bertz CT molecular complexity index is 90.9. The molecule has 1 aliphatic heterocycles. The highest BCUT2D eigenvalue weighted by Gasteiger charge is 2.18. The van der Waals surface area contributed by atoms with Crippen LogP contribution in [0.4, 0.5) is 0 Å². The highest BCUT2D eigenvalue weighted by atomic mass is 16.7. The van der Waals surface area contributed by atoms with E-state index >= 15 is 0 Å². The molecule has 1 aliphatic rings. The Balaban J connectivity index is 0.000000640. The van der Waals surface area contributed by atoms with Gasteiger partial charge in [0.2, 0.25) is 0 Å². The van der Waals surface area contributed by atoms with Crippen molar-refractivity contribution in [1.29, 1.82) is 0 Å². The largest absolute Gasteiger partial charge is 0.350 e. The minimum absolute atomic E-state index is 0. The third-order valence-corrected chi connectivity index (χ3v) is 1.12. The van der Waals surface area contributed by atoms with Crippen LogP contribution < -0.4 is 0 Å². The minimum atomic E-state index is -0.0435. The summed E-state index contributed by atoms with van der Waals surface area (Å²) >= 11 is 0. The van der Waals surface area contributed by atoms with Gasteiger partial charge in [0.15, 0.2) is 6.29 Å². The summed E-state index contributed by atoms with van der Waals surface area (Å²) in [6, 6.07) is 0. The second-order valence-corrected chi connectivity index (χ2v) is 1.81. The summed E-state index contributed by atoms with van der Waals surface area (Å²) in [5.41, 5.74) is 0. The Morgan fingerprint density at radius 2 is 2.33 bits per heavy atom. The molecule has 0 aromatic carbocycles. The standard InChI is InChI=1S/C6H10O2.CH4/c1-3-6-4-7-5(2)8-6;/h3,5-6H,1,4H2,2H3;1H4. The molecule has 9 heavy (non-hydrogen) atoms. The molecular weight excluding hydrogens is 116 g/mol. The molecule has 0 radical (unpaired) electrons. The third-order valence-electron chi connectivity index (χ3n) is 1.12. The first-order valence-electron chi connectivity index (χ1n) is 2.72. The maximum Gasteiger partial charge on any atom is 0.155 e. The van der Waals surface area contributed by atoms with E-state index in [9.17, 15) is 0 Å². The molecule has 54 valence electrons. The van der Waals surface area contributed by atoms with E-state index in [-0.39, 0.29) is 19.8 Å². The predicted octanol–water partition coefficient (Wildman–Crippen LogP) is 1.57. The maximum absolute atomic E-state index is 5.17. The maximum atomic E-state index is 5.17. The molecule has 0 aliphatic carbocycles. The van der Waals surface area contributed by atoms with E-state index in [1.165, 1.54) is 0 Å². The summed E-state index contributed by atoms with van der Waals surface area (Å²) in [6.07, 6.45) is 1.83. The van der Waals surface area contributed by atoms with Crippen molar-refractivity contribution in [3.05, 3.63) is 12.7 Å². The second kappa shape index (κ2) is 3.64. The van der Waals surface area contributed by atoms with Crippen LogP contribution in [0, 0.1) is 0 Å². The molecule has 2 atom stereocenters. The Hall–Kier alpha value is -0.340. The van der Waals surface area contributed by atoms with Gasteiger partial charge in [-0.1, -0.05) is 13.5 Å². The van der Waals surface area contributed by atoms with Crippen molar-refractivity contribution in [3.63, 3.8) is 0 Å².